The fraction of sp³-hybridized carbons (Fsp3) is 0.600. The average Bonchev–Trinajstić information content (AvgIpc) is 2.88. The summed E-state index contributed by atoms with van der Waals surface area (Å²) < 4.78 is 6.94. The molecular formula is C15H20ClNO4. The van der Waals surface area contributed by atoms with Crippen LogP contribution in [-0.2, 0) is 6.42 Å². The molecule has 1 aliphatic rings. The molecule has 0 radical (unpaired) electrons. The number of fused-ring (bicyclic) bond motifs is 1. The molecule has 5 nitrogen and oxygen atoms in total. The van der Waals surface area contributed by atoms with E-state index in [1.807, 2.05) is 0 Å². The maximum atomic E-state index is 12.5. The van der Waals surface area contributed by atoms with Crippen molar-refractivity contribution in [3.8, 4) is 5.75 Å². The minimum atomic E-state index is -0.275. The van der Waals surface area contributed by atoms with E-state index < -0.39 is 0 Å². The van der Waals surface area contributed by atoms with Gasteiger partial charge in [0, 0.05) is 24.1 Å². The molecule has 0 fully saturated rings. The molecule has 0 saturated heterocycles. The normalized spacial score (nSPS) is 16.8. The van der Waals surface area contributed by atoms with E-state index >= 15 is 0 Å². The molecule has 1 aromatic heterocycles. The van der Waals surface area contributed by atoms with Gasteiger partial charge in [-0.15, -0.1) is 11.6 Å². The molecule has 21 heavy (non-hydrogen) atoms. The lowest BCUT2D eigenvalue weighted by molar-refractivity contribution is 0.0961. The van der Waals surface area contributed by atoms with Gasteiger partial charge in [-0.1, -0.05) is 0 Å². The first kappa shape index (κ1) is 16.0. The average molecular weight is 314 g/mol. The third kappa shape index (κ3) is 3.14. The Balaban J connectivity index is 2.46. The van der Waals surface area contributed by atoms with Crippen LogP contribution < -0.4 is 10.2 Å². The predicted molar refractivity (Wildman–Crippen MR) is 80.6 cm³/mol. The van der Waals surface area contributed by atoms with E-state index in [1.165, 1.54) is 13.2 Å². The summed E-state index contributed by atoms with van der Waals surface area (Å²) >= 11 is 5.63. The van der Waals surface area contributed by atoms with E-state index in [2.05, 4.69) is 0 Å². The Hall–Kier alpha value is -1.33. The topological polar surface area (TPSA) is 68.5 Å². The van der Waals surface area contributed by atoms with Gasteiger partial charge in [-0.2, -0.15) is 0 Å². The second-order valence-corrected chi connectivity index (χ2v) is 5.57. The number of aliphatic hydroxyl groups is 1. The van der Waals surface area contributed by atoms with Gasteiger partial charge >= 0.3 is 0 Å². The zero-order chi connectivity index (χ0) is 15.4. The van der Waals surface area contributed by atoms with Gasteiger partial charge in [0.15, 0.2) is 11.5 Å². The maximum absolute atomic E-state index is 12.5. The fourth-order valence-corrected chi connectivity index (χ4v) is 3.03. The van der Waals surface area contributed by atoms with Crippen molar-refractivity contribution in [3.05, 3.63) is 27.7 Å². The SMILES string of the molecule is COc1c(C(=O)CCCCCl)n2c(cc1=O)CCC2CO. The van der Waals surface area contributed by atoms with Gasteiger partial charge in [0.2, 0.25) is 5.43 Å². The van der Waals surface area contributed by atoms with E-state index in [4.69, 9.17) is 16.3 Å². The Kier molecular flexibility index (Phi) is 5.42. The number of carbonyl (C=O) groups excluding carboxylic acids is 1. The van der Waals surface area contributed by atoms with Crippen LogP contribution in [0.1, 0.15) is 47.9 Å². The molecule has 0 amide bonds. The van der Waals surface area contributed by atoms with Gasteiger partial charge < -0.3 is 14.4 Å². The predicted octanol–water partition coefficient (Wildman–Crippen LogP) is 1.93. The highest BCUT2D eigenvalue weighted by molar-refractivity contribution is 6.17. The largest absolute Gasteiger partial charge is 0.491 e. The summed E-state index contributed by atoms with van der Waals surface area (Å²) in [6.07, 6.45) is 3.16. The molecule has 1 unspecified atom stereocenters. The third-order valence-corrected chi connectivity index (χ3v) is 4.12. The fourth-order valence-electron chi connectivity index (χ4n) is 2.84. The van der Waals surface area contributed by atoms with Gasteiger partial charge in [-0.3, -0.25) is 9.59 Å². The summed E-state index contributed by atoms with van der Waals surface area (Å²) in [4.78, 5) is 24.6. The van der Waals surface area contributed by atoms with E-state index in [0.29, 0.717) is 30.8 Å². The van der Waals surface area contributed by atoms with Crippen LogP contribution >= 0.6 is 11.6 Å². The van der Waals surface area contributed by atoms with E-state index in [-0.39, 0.29) is 29.6 Å². The highest BCUT2D eigenvalue weighted by atomic mass is 35.5. The molecule has 0 aromatic carbocycles. The summed E-state index contributed by atoms with van der Waals surface area (Å²) in [5.74, 6) is 0.461. The van der Waals surface area contributed by atoms with E-state index in [1.54, 1.807) is 4.57 Å². The number of unbranched alkanes of at least 4 members (excludes halogenated alkanes) is 1. The number of hydrogen-bond donors (Lipinski definition) is 1. The number of methoxy groups -OCH3 is 1. The smallest absolute Gasteiger partial charge is 0.224 e. The second-order valence-electron chi connectivity index (χ2n) is 5.20. The number of aromatic nitrogens is 1. The standard InChI is InChI=1S/C15H20ClNO4/c1-21-15-13(20)8-10-5-6-11(9-18)17(10)14(15)12(19)4-2-3-7-16/h8,11,18H,2-7,9H2,1H3. The quantitative estimate of drug-likeness (QED) is 0.474. The zero-order valence-electron chi connectivity index (χ0n) is 12.1. The number of aryl methyl sites for hydroxylation is 1. The molecular weight excluding hydrogens is 294 g/mol. The lowest BCUT2D eigenvalue weighted by atomic mass is 10.1. The van der Waals surface area contributed by atoms with Crippen molar-refractivity contribution in [2.75, 3.05) is 19.6 Å². The zero-order valence-corrected chi connectivity index (χ0v) is 12.9. The number of pyridine rings is 1. The second kappa shape index (κ2) is 7.09. The Bertz CT molecular complexity index is 582. The first-order valence-corrected chi connectivity index (χ1v) is 7.69. The van der Waals surface area contributed by atoms with E-state index in [9.17, 15) is 14.7 Å². The number of halogens is 1. The Morgan fingerprint density at radius 1 is 1.52 bits per heavy atom. The number of carbonyl (C=O) groups is 1. The number of Topliss-reactive ketones (excluding diaryl/α,β-unsaturated/α-hetero) is 1. The first-order valence-electron chi connectivity index (χ1n) is 7.16. The molecule has 1 aromatic rings. The van der Waals surface area contributed by atoms with Crippen LogP contribution in [-0.4, -0.2) is 35.1 Å². The van der Waals surface area contributed by atoms with Crippen molar-refractivity contribution >= 4 is 17.4 Å². The van der Waals surface area contributed by atoms with Gasteiger partial charge in [0.05, 0.1) is 19.8 Å². The number of nitrogens with zero attached hydrogens (tertiary/aromatic N) is 1. The minimum absolute atomic E-state index is 0.0546. The molecule has 116 valence electrons. The maximum Gasteiger partial charge on any atom is 0.224 e. The molecule has 0 spiro atoms. The molecule has 6 heteroatoms. The van der Waals surface area contributed by atoms with Crippen molar-refractivity contribution in [3.63, 3.8) is 0 Å². The van der Waals surface area contributed by atoms with Crippen LogP contribution in [0, 0.1) is 0 Å². The van der Waals surface area contributed by atoms with Gasteiger partial charge in [-0.05, 0) is 25.7 Å². The number of alkyl halides is 1. The molecule has 1 atom stereocenters. The molecule has 2 heterocycles. The minimum Gasteiger partial charge on any atom is -0.491 e. The highest BCUT2D eigenvalue weighted by Gasteiger charge is 2.29. The van der Waals surface area contributed by atoms with Crippen molar-refractivity contribution in [1.82, 2.24) is 4.57 Å². The Morgan fingerprint density at radius 3 is 2.90 bits per heavy atom. The summed E-state index contributed by atoms with van der Waals surface area (Å²) in [7, 11) is 1.39. The number of aliphatic hydroxyl groups excluding tert-OH is 1. The summed E-state index contributed by atoms with van der Waals surface area (Å²) in [6, 6.07) is 1.34. The van der Waals surface area contributed by atoms with Crippen LogP contribution in [0.25, 0.3) is 0 Å². The molecule has 0 saturated carbocycles. The van der Waals surface area contributed by atoms with Gasteiger partial charge in [-0.25, -0.2) is 0 Å². The van der Waals surface area contributed by atoms with Crippen LogP contribution in [0.5, 0.6) is 5.75 Å². The molecule has 1 aliphatic heterocycles. The van der Waals surface area contributed by atoms with Crippen molar-refractivity contribution in [1.29, 1.82) is 0 Å². The Morgan fingerprint density at radius 2 is 2.29 bits per heavy atom. The third-order valence-electron chi connectivity index (χ3n) is 3.85. The number of ketones is 1. The van der Waals surface area contributed by atoms with Gasteiger partial charge in [0.1, 0.15) is 5.69 Å². The highest BCUT2D eigenvalue weighted by Crippen LogP contribution is 2.31. The van der Waals surface area contributed by atoms with Crippen LogP contribution in [0.15, 0.2) is 10.9 Å². The van der Waals surface area contributed by atoms with Crippen LogP contribution in [0.4, 0.5) is 0 Å². The van der Waals surface area contributed by atoms with E-state index in [0.717, 1.165) is 18.5 Å². The summed E-state index contributed by atoms with van der Waals surface area (Å²) in [5, 5.41) is 9.50. The lowest BCUT2D eigenvalue weighted by Gasteiger charge is -2.19. The number of hydrogen-bond acceptors (Lipinski definition) is 4. The Labute approximate surface area is 128 Å². The van der Waals surface area contributed by atoms with Crippen molar-refractivity contribution in [2.45, 2.75) is 38.1 Å². The molecule has 2 rings (SSSR count). The number of ether oxygens (including phenoxy) is 1. The van der Waals surface area contributed by atoms with Crippen molar-refractivity contribution < 1.29 is 14.6 Å². The molecule has 0 bridgehead atoms. The molecule has 1 N–H and O–H groups in total. The lowest BCUT2D eigenvalue weighted by Crippen LogP contribution is -2.23. The number of rotatable bonds is 7. The van der Waals surface area contributed by atoms with Crippen LogP contribution in [0.3, 0.4) is 0 Å². The summed E-state index contributed by atoms with van der Waals surface area (Å²) in [6.45, 7) is -0.0546. The molecule has 0 aliphatic carbocycles. The summed E-state index contributed by atoms with van der Waals surface area (Å²) in [5.41, 5.74) is 0.815. The monoisotopic (exact) mass is 313 g/mol. The first-order chi connectivity index (χ1) is 10.1. The van der Waals surface area contributed by atoms with Crippen LogP contribution in [0.2, 0.25) is 0 Å². The van der Waals surface area contributed by atoms with Crippen molar-refractivity contribution in [2.24, 2.45) is 0 Å². The van der Waals surface area contributed by atoms with Gasteiger partial charge in [0.25, 0.3) is 0 Å².